The third-order valence-corrected chi connectivity index (χ3v) is 5.46. The van der Waals surface area contributed by atoms with E-state index in [0.29, 0.717) is 5.69 Å². The molecule has 1 aliphatic carbocycles. The molecule has 0 saturated heterocycles. The number of nitrogens with zero attached hydrogens (tertiary/aromatic N) is 2. The number of carbonyl (C=O) groups is 3. The molecule has 3 amide bonds. The zero-order chi connectivity index (χ0) is 22.8. The Kier molecular flexibility index (Phi) is 8.54. The summed E-state index contributed by atoms with van der Waals surface area (Å²) in [5, 5.41) is 6.97. The first-order valence-electron chi connectivity index (χ1n) is 11.1. The van der Waals surface area contributed by atoms with Crippen molar-refractivity contribution in [3.8, 4) is 0 Å². The molecule has 2 aromatic rings. The van der Waals surface area contributed by atoms with Gasteiger partial charge in [0.05, 0.1) is 6.42 Å². The van der Waals surface area contributed by atoms with Crippen molar-refractivity contribution in [1.82, 2.24) is 10.7 Å². The minimum absolute atomic E-state index is 0.0603. The molecule has 0 aliphatic heterocycles. The van der Waals surface area contributed by atoms with Gasteiger partial charge in [-0.2, -0.15) is 5.10 Å². The largest absolute Gasteiger partial charge is 0.351 e. The van der Waals surface area contributed by atoms with E-state index in [2.05, 4.69) is 15.8 Å². The van der Waals surface area contributed by atoms with Crippen LogP contribution in [0.2, 0.25) is 0 Å². The summed E-state index contributed by atoms with van der Waals surface area (Å²) < 4.78 is 0. The van der Waals surface area contributed by atoms with Crippen LogP contribution >= 0.6 is 0 Å². The molecular formula is C25H30N4O3. The van der Waals surface area contributed by atoms with Crippen molar-refractivity contribution in [3.63, 3.8) is 0 Å². The van der Waals surface area contributed by atoms with Gasteiger partial charge in [0.1, 0.15) is 6.04 Å². The summed E-state index contributed by atoms with van der Waals surface area (Å²) in [4.78, 5) is 39.5. The number of nitrogens with one attached hydrogen (secondary N) is 2. The number of para-hydroxylation sites is 1. The van der Waals surface area contributed by atoms with E-state index in [-0.39, 0.29) is 30.2 Å². The van der Waals surface area contributed by atoms with Crippen molar-refractivity contribution < 1.29 is 14.4 Å². The minimum Gasteiger partial charge on any atom is -0.351 e. The summed E-state index contributed by atoms with van der Waals surface area (Å²) in [6.07, 6.45) is 6.59. The van der Waals surface area contributed by atoms with Gasteiger partial charge in [-0.05, 0) is 30.5 Å². The van der Waals surface area contributed by atoms with Crippen LogP contribution in [0, 0.1) is 0 Å². The Balaban J connectivity index is 1.93. The first kappa shape index (κ1) is 23.2. The fraction of sp³-hybridized carbons (Fsp3) is 0.360. The van der Waals surface area contributed by atoms with Gasteiger partial charge in [0.15, 0.2) is 0 Å². The van der Waals surface area contributed by atoms with Crippen LogP contribution in [-0.2, 0) is 14.4 Å². The van der Waals surface area contributed by atoms with Gasteiger partial charge in [-0.3, -0.25) is 19.3 Å². The Morgan fingerprint density at radius 3 is 2.25 bits per heavy atom. The van der Waals surface area contributed by atoms with Crippen molar-refractivity contribution in [2.45, 2.75) is 57.5 Å². The molecule has 0 radical (unpaired) electrons. The summed E-state index contributed by atoms with van der Waals surface area (Å²) in [6, 6.07) is 17.8. The molecule has 1 aliphatic rings. The molecule has 7 nitrogen and oxygen atoms in total. The molecule has 2 N–H and O–H groups in total. The van der Waals surface area contributed by atoms with Crippen LogP contribution in [0.4, 0.5) is 5.69 Å². The minimum atomic E-state index is -0.817. The molecule has 0 bridgehead atoms. The Morgan fingerprint density at radius 1 is 1.00 bits per heavy atom. The monoisotopic (exact) mass is 434 g/mol. The summed E-state index contributed by atoms with van der Waals surface area (Å²) in [5.41, 5.74) is 3.65. The van der Waals surface area contributed by atoms with Crippen LogP contribution in [0.1, 0.15) is 57.1 Å². The van der Waals surface area contributed by atoms with Crippen LogP contribution in [0.3, 0.4) is 0 Å². The third-order valence-electron chi connectivity index (χ3n) is 5.46. The van der Waals surface area contributed by atoms with Crippen LogP contribution < -0.4 is 15.6 Å². The zero-order valence-electron chi connectivity index (χ0n) is 18.4. The van der Waals surface area contributed by atoms with Gasteiger partial charge < -0.3 is 5.32 Å². The lowest BCUT2D eigenvalue weighted by Gasteiger charge is -2.33. The highest BCUT2D eigenvalue weighted by atomic mass is 16.2. The van der Waals surface area contributed by atoms with Crippen LogP contribution in [-0.4, -0.2) is 30.0 Å². The molecule has 168 valence electrons. The molecule has 3 rings (SSSR count). The van der Waals surface area contributed by atoms with Crippen molar-refractivity contribution in [2.75, 3.05) is 4.90 Å². The number of rotatable bonds is 8. The maximum Gasteiger partial charge on any atom is 0.248 e. The Bertz CT molecular complexity index is 925. The molecule has 32 heavy (non-hydrogen) atoms. The lowest BCUT2D eigenvalue weighted by molar-refractivity contribution is -0.127. The average molecular weight is 435 g/mol. The van der Waals surface area contributed by atoms with Crippen molar-refractivity contribution >= 4 is 29.6 Å². The molecule has 0 heterocycles. The molecule has 1 fully saturated rings. The fourth-order valence-electron chi connectivity index (χ4n) is 3.96. The third kappa shape index (κ3) is 6.51. The molecule has 0 spiro atoms. The number of amides is 3. The molecule has 1 unspecified atom stereocenters. The van der Waals surface area contributed by atoms with Crippen molar-refractivity contribution in [1.29, 1.82) is 0 Å². The quantitative estimate of drug-likeness (QED) is 0.490. The second kappa shape index (κ2) is 11.8. The first-order valence-corrected chi connectivity index (χ1v) is 11.1. The first-order chi connectivity index (χ1) is 15.6. The topological polar surface area (TPSA) is 90.9 Å². The maximum atomic E-state index is 13.6. The molecule has 1 saturated carbocycles. The summed E-state index contributed by atoms with van der Waals surface area (Å²) in [6.45, 7) is 1.34. The highest BCUT2D eigenvalue weighted by Gasteiger charge is 2.33. The van der Waals surface area contributed by atoms with E-state index < -0.39 is 6.04 Å². The number of hydrogen-bond acceptors (Lipinski definition) is 4. The van der Waals surface area contributed by atoms with Crippen LogP contribution in [0.5, 0.6) is 0 Å². The summed E-state index contributed by atoms with van der Waals surface area (Å²) in [5.74, 6) is -0.806. The SMILES string of the molecule is CC(=O)N/N=C/CC(=O)N(c1ccccc1)C(C(=O)NC1CCCCC1)c1ccccc1. The summed E-state index contributed by atoms with van der Waals surface area (Å²) >= 11 is 0. The molecule has 0 aromatic heterocycles. The molecule has 2 aromatic carbocycles. The van der Waals surface area contributed by atoms with Gasteiger partial charge >= 0.3 is 0 Å². The fourth-order valence-corrected chi connectivity index (χ4v) is 3.96. The molecule has 1 atom stereocenters. The highest BCUT2D eigenvalue weighted by Crippen LogP contribution is 2.29. The van der Waals surface area contributed by atoms with E-state index >= 15 is 0 Å². The number of hydrogen-bond donors (Lipinski definition) is 2. The Hall–Kier alpha value is -3.48. The van der Waals surface area contributed by atoms with E-state index in [4.69, 9.17) is 0 Å². The average Bonchev–Trinajstić information content (AvgIpc) is 2.81. The van der Waals surface area contributed by atoms with Gasteiger partial charge in [-0.15, -0.1) is 0 Å². The van der Waals surface area contributed by atoms with Crippen molar-refractivity contribution in [3.05, 3.63) is 66.2 Å². The normalized spacial score (nSPS) is 15.2. The van der Waals surface area contributed by atoms with E-state index in [9.17, 15) is 14.4 Å². The van der Waals surface area contributed by atoms with Gasteiger partial charge in [0, 0.05) is 24.9 Å². The van der Waals surface area contributed by atoms with E-state index in [1.165, 1.54) is 24.5 Å². The van der Waals surface area contributed by atoms with Crippen molar-refractivity contribution in [2.24, 2.45) is 5.10 Å². The van der Waals surface area contributed by atoms with Crippen LogP contribution in [0.15, 0.2) is 65.8 Å². The van der Waals surface area contributed by atoms with E-state index in [1.807, 2.05) is 60.7 Å². The maximum absolute atomic E-state index is 13.6. The van der Waals surface area contributed by atoms with Gasteiger partial charge in [-0.1, -0.05) is 67.8 Å². The number of hydrazone groups is 1. The second-order valence-corrected chi connectivity index (χ2v) is 7.94. The molecular weight excluding hydrogens is 404 g/mol. The summed E-state index contributed by atoms with van der Waals surface area (Å²) in [7, 11) is 0. The van der Waals surface area contributed by atoms with E-state index in [1.54, 1.807) is 0 Å². The van der Waals surface area contributed by atoms with Gasteiger partial charge in [0.2, 0.25) is 17.7 Å². The molecule has 7 heteroatoms. The predicted octanol–water partition coefficient (Wildman–Crippen LogP) is 3.72. The smallest absolute Gasteiger partial charge is 0.248 e. The lowest BCUT2D eigenvalue weighted by Crippen LogP contribution is -2.47. The van der Waals surface area contributed by atoms with Crippen LogP contribution in [0.25, 0.3) is 0 Å². The predicted molar refractivity (Wildman–Crippen MR) is 125 cm³/mol. The van der Waals surface area contributed by atoms with E-state index in [0.717, 1.165) is 31.2 Å². The lowest BCUT2D eigenvalue weighted by atomic mass is 9.94. The van der Waals surface area contributed by atoms with Gasteiger partial charge in [-0.25, -0.2) is 5.43 Å². The Labute approximate surface area is 188 Å². The number of carbonyl (C=O) groups excluding carboxylic acids is 3. The van der Waals surface area contributed by atoms with Gasteiger partial charge in [0.25, 0.3) is 0 Å². The standard InChI is InChI=1S/C25H30N4O3/c1-19(30)28-26-18-17-23(31)29(22-15-9-4-10-16-22)24(20-11-5-2-6-12-20)25(32)27-21-13-7-3-8-14-21/h2,4-6,9-12,15-16,18,21,24H,3,7-8,13-14,17H2,1H3,(H,27,32)(H,28,30)/b26-18+. The zero-order valence-corrected chi connectivity index (χ0v) is 18.4. The highest BCUT2D eigenvalue weighted by molar-refractivity contribution is 6.05. The second-order valence-electron chi connectivity index (χ2n) is 7.94. The Morgan fingerprint density at radius 2 is 1.62 bits per heavy atom. The number of benzene rings is 2. The number of anilines is 1.